The Balaban J connectivity index is 4.13. The van der Waals surface area contributed by atoms with Gasteiger partial charge in [0.2, 0.25) is 0 Å². The van der Waals surface area contributed by atoms with Gasteiger partial charge in [0, 0.05) is 12.8 Å². The molecule has 534 valence electrons. The van der Waals surface area contributed by atoms with Gasteiger partial charge in [0.15, 0.2) is 6.10 Å². The number of unbranched alkanes of at least 4 members (excludes halogenated alkanes) is 26. The molecule has 0 N–H and O–H groups in total. The Hall–Kier alpha value is -4.63. The summed E-state index contributed by atoms with van der Waals surface area (Å²) in [7, 11) is 1.14. The Morgan fingerprint density at radius 1 is 0.340 bits per heavy atom. The number of hydrogen-bond acceptors (Lipinski definition) is 8. The minimum absolute atomic E-state index is 0.0429. The highest BCUT2D eigenvalue weighted by Gasteiger charge is 2.22. The Bertz CT molecular complexity index is 2200. The van der Waals surface area contributed by atoms with Crippen LogP contribution in [-0.2, 0) is 32.7 Å². The van der Waals surface area contributed by atoms with Gasteiger partial charge in [-0.15, -0.1) is 0 Å². The Labute approximate surface area is 578 Å². The summed E-state index contributed by atoms with van der Waals surface area (Å²) in [6.45, 7) is 4.09. The lowest BCUT2D eigenvalue weighted by Crippen LogP contribution is -2.37. The topological polar surface area (TPSA) is 111 Å². The summed E-state index contributed by atoms with van der Waals surface area (Å²) in [5, 5.41) is 0. The number of esters is 2. The van der Waals surface area contributed by atoms with Crippen LogP contribution >= 0.6 is 7.82 Å². The number of nitrogens with zero attached hydrogens (tertiary/aromatic N) is 1. The van der Waals surface area contributed by atoms with E-state index in [2.05, 4.69) is 184 Å². The fourth-order valence-electron chi connectivity index (χ4n) is 9.96. The molecule has 0 rings (SSSR count). The van der Waals surface area contributed by atoms with Gasteiger partial charge in [-0.05, 0) is 135 Å². The van der Waals surface area contributed by atoms with Gasteiger partial charge in [-0.2, -0.15) is 0 Å². The highest BCUT2D eigenvalue weighted by atomic mass is 31.2. The van der Waals surface area contributed by atoms with Crippen molar-refractivity contribution in [3.63, 3.8) is 0 Å². The van der Waals surface area contributed by atoms with Gasteiger partial charge in [-0.3, -0.25) is 14.2 Å². The summed E-state index contributed by atoms with van der Waals surface area (Å²) in [5.74, 6) is -0.860. The summed E-state index contributed by atoms with van der Waals surface area (Å²) in [6.07, 6.45) is 110. The van der Waals surface area contributed by atoms with Crippen LogP contribution in [-0.4, -0.2) is 70.0 Å². The number of hydrogen-bond donors (Lipinski definition) is 0. The first-order chi connectivity index (χ1) is 46.0. The third-order valence-corrected chi connectivity index (χ3v) is 16.7. The molecule has 0 saturated carbocycles. The SMILES string of the molecule is CC/C=C\C/C=C\C/C=C\C/C=C\C/C=C\C/C=C\C/C=C\C/C=C\C/C=C\C/C=C\C/C=C\CCCCCCCC(=O)OC(COC(=O)CCCCCCCCCCCCCCCCCC/C=C\C/C=C\C/C=C\CCCCCCC)COP(=O)([O-])OCC[N+](C)(C)C. The molecule has 0 aliphatic carbocycles. The second kappa shape index (κ2) is 72.6. The van der Waals surface area contributed by atoms with E-state index in [-0.39, 0.29) is 26.1 Å². The monoisotopic (exact) mass is 1320 g/mol. The van der Waals surface area contributed by atoms with Crippen molar-refractivity contribution in [3.05, 3.63) is 170 Å². The van der Waals surface area contributed by atoms with Gasteiger partial charge in [0.1, 0.15) is 19.8 Å². The molecule has 2 unspecified atom stereocenters. The van der Waals surface area contributed by atoms with Gasteiger partial charge in [-0.1, -0.05) is 319 Å². The molecule has 0 heterocycles. The number of rotatable bonds is 68. The molecule has 10 heteroatoms. The summed E-state index contributed by atoms with van der Waals surface area (Å²) < 4.78 is 34.3. The van der Waals surface area contributed by atoms with Crippen molar-refractivity contribution in [1.29, 1.82) is 0 Å². The molecule has 2 atom stereocenters. The molecule has 0 amide bonds. The van der Waals surface area contributed by atoms with Crippen LogP contribution in [0.4, 0.5) is 0 Å². The highest BCUT2D eigenvalue weighted by molar-refractivity contribution is 7.45. The van der Waals surface area contributed by atoms with E-state index in [1.807, 2.05) is 21.1 Å². The number of allylic oxidation sites excluding steroid dienone is 28. The average Bonchev–Trinajstić information content (AvgIpc) is 1.56. The quantitative estimate of drug-likeness (QED) is 0.0195. The molecule has 0 aromatic carbocycles. The van der Waals surface area contributed by atoms with Crippen LogP contribution in [0.5, 0.6) is 0 Å². The van der Waals surface area contributed by atoms with E-state index in [1.54, 1.807) is 0 Å². The molecule has 0 aromatic rings. The number of phosphoric ester groups is 1. The maximum absolute atomic E-state index is 12.9. The third kappa shape index (κ3) is 76.4. The van der Waals surface area contributed by atoms with Crippen LogP contribution < -0.4 is 4.89 Å². The van der Waals surface area contributed by atoms with E-state index in [0.717, 1.165) is 135 Å². The normalized spacial score (nSPS) is 14.1. The molecule has 0 aromatic heterocycles. The minimum atomic E-state index is -4.66. The van der Waals surface area contributed by atoms with Crippen LogP contribution in [0.25, 0.3) is 0 Å². The molecular weight excluding hydrogens is 1180 g/mol. The van der Waals surface area contributed by atoms with Crippen molar-refractivity contribution in [3.8, 4) is 0 Å². The molecule has 0 bridgehead atoms. The molecule has 0 radical (unpaired) electrons. The summed E-state index contributed by atoms with van der Waals surface area (Å²) in [5.41, 5.74) is 0. The average molecular weight is 1320 g/mol. The zero-order chi connectivity index (χ0) is 68.3. The smallest absolute Gasteiger partial charge is 0.306 e. The van der Waals surface area contributed by atoms with Crippen molar-refractivity contribution in [2.24, 2.45) is 0 Å². The lowest BCUT2D eigenvalue weighted by atomic mass is 10.0. The Kier molecular flexibility index (Phi) is 69.1. The third-order valence-electron chi connectivity index (χ3n) is 15.7. The molecule has 9 nitrogen and oxygen atoms in total. The van der Waals surface area contributed by atoms with Crippen molar-refractivity contribution < 1.29 is 42.1 Å². The number of likely N-dealkylation sites (N-methyl/N-ethyl adjacent to an activating group) is 1. The first-order valence-electron chi connectivity index (χ1n) is 37.8. The van der Waals surface area contributed by atoms with Crippen molar-refractivity contribution in [2.45, 2.75) is 302 Å². The second-order valence-electron chi connectivity index (χ2n) is 25.9. The Morgan fingerprint density at radius 2 is 0.606 bits per heavy atom. The molecule has 94 heavy (non-hydrogen) atoms. The molecule has 0 aliphatic heterocycles. The van der Waals surface area contributed by atoms with Gasteiger partial charge < -0.3 is 27.9 Å². The summed E-state index contributed by atoms with van der Waals surface area (Å²) in [4.78, 5) is 38.1. The summed E-state index contributed by atoms with van der Waals surface area (Å²) in [6, 6.07) is 0. The molecule has 0 spiro atoms. The number of phosphoric acid groups is 1. The van der Waals surface area contributed by atoms with Gasteiger partial charge >= 0.3 is 11.9 Å². The number of carbonyl (C=O) groups excluding carboxylic acids is 2. The van der Waals surface area contributed by atoms with Crippen LogP contribution in [0.3, 0.4) is 0 Å². The largest absolute Gasteiger partial charge is 0.756 e. The van der Waals surface area contributed by atoms with Crippen molar-refractivity contribution >= 4 is 19.8 Å². The lowest BCUT2D eigenvalue weighted by Gasteiger charge is -2.28. The van der Waals surface area contributed by atoms with E-state index in [4.69, 9.17) is 18.5 Å². The molecular formula is C84H140NO8P. The fraction of sp³-hybridized carbons (Fsp3) is 0.643. The first-order valence-corrected chi connectivity index (χ1v) is 39.3. The number of quaternary nitrogens is 1. The van der Waals surface area contributed by atoms with Gasteiger partial charge in [0.25, 0.3) is 7.82 Å². The van der Waals surface area contributed by atoms with E-state index in [9.17, 15) is 19.0 Å². The van der Waals surface area contributed by atoms with Gasteiger partial charge in [-0.25, -0.2) is 0 Å². The van der Waals surface area contributed by atoms with E-state index < -0.39 is 32.5 Å². The van der Waals surface area contributed by atoms with Crippen LogP contribution in [0.2, 0.25) is 0 Å². The van der Waals surface area contributed by atoms with Crippen molar-refractivity contribution in [2.75, 3.05) is 47.5 Å². The van der Waals surface area contributed by atoms with Crippen LogP contribution in [0.15, 0.2) is 170 Å². The fourth-order valence-corrected chi connectivity index (χ4v) is 10.7. The Morgan fingerprint density at radius 3 is 0.904 bits per heavy atom. The first kappa shape index (κ1) is 89.4. The lowest BCUT2D eigenvalue weighted by molar-refractivity contribution is -0.870. The molecule has 0 aliphatic rings. The maximum Gasteiger partial charge on any atom is 0.306 e. The van der Waals surface area contributed by atoms with E-state index >= 15 is 0 Å². The number of carbonyl (C=O) groups is 2. The predicted octanol–water partition coefficient (Wildman–Crippen LogP) is 24.6. The maximum atomic E-state index is 12.9. The number of ether oxygens (including phenoxy) is 2. The van der Waals surface area contributed by atoms with Crippen molar-refractivity contribution in [1.82, 2.24) is 0 Å². The summed E-state index contributed by atoms with van der Waals surface area (Å²) >= 11 is 0. The van der Waals surface area contributed by atoms with E-state index in [1.165, 1.54) is 128 Å². The standard InChI is InChI=1S/C84H140NO8P/c1-6-8-10-12-14-16-18-20-22-24-26-28-30-32-34-36-38-39-40-41-42-43-44-45-47-49-51-53-55-57-59-61-63-65-67-69-71-73-75-77-84(87)93-82(81-92-94(88,89)91-79-78-85(3,4)5)80-90-83(86)76-74-72-70-68-66-64-62-60-58-56-54-52-50-48-46-37-35-33-31-29-27-25-23-21-19-17-15-13-11-9-7-2/h8,10,14,16,19-22,25-28,31-34,38-39,41-42,44-45,49,51,55,57,61,63,82H,6-7,9,11-13,15,17-18,23-24,29-30,35-37,40,43,46-48,50,52-54,56,58-60,62,64-81H2,1-5H3/b10-8-,16-14-,21-19-,22-20-,27-25-,28-26-,33-31-,34-32-,39-38-,42-41-,45-44-,51-49-,57-55-,63-61-. The zero-order valence-electron chi connectivity index (χ0n) is 60.8. The highest BCUT2D eigenvalue weighted by Crippen LogP contribution is 2.38. The zero-order valence-corrected chi connectivity index (χ0v) is 61.7. The van der Waals surface area contributed by atoms with E-state index in [0.29, 0.717) is 17.4 Å². The van der Waals surface area contributed by atoms with Crippen LogP contribution in [0.1, 0.15) is 296 Å². The molecule has 0 fully saturated rings. The minimum Gasteiger partial charge on any atom is -0.756 e. The molecule has 0 saturated heterocycles. The van der Waals surface area contributed by atoms with Gasteiger partial charge in [0.05, 0.1) is 27.7 Å². The van der Waals surface area contributed by atoms with Crippen LogP contribution in [0, 0.1) is 0 Å². The second-order valence-corrected chi connectivity index (χ2v) is 27.3. The predicted molar refractivity (Wildman–Crippen MR) is 406 cm³/mol.